The van der Waals surface area contributed by atoms with Gasteiger partial charge in [-0.25, -0.2) is 8.78 Å². The summed E-state index contributed by atoms with van der Waals surface area (Å²) in [6, 6.07) is 1.97. The molecule has 1 atom stereocenters. The van der Waals surface area contributed by atoms with Gasteiger partial charge in [-0.05, 0) is 12.8 Å². The van der Waals surface area contributed by atoms with Crippen molar-refractivity contribution in [1.82, 2.24) is 4.90 Å². The molecule has 0 aromatic rings. The van der Waals surface area contributed by atoms with Gasteiger partial charge in [-0.3, -0.25) is 4.79 Å². The summed E-state index contributed by atoms with van der Waals surface area (Å²) < 4.78 is 31.2. The number of nitrogens with zero attached hydrogens (tertiary/aromatic N) is 2. The van der Waals surface area contributed by atoms with E-state index in [9.17, 15) is 13.6 Å². The van der Waals surface area contributed by atoms with Gasteiger partial charge in [0, 0.05) is 25.3 Å². The summed E-state index contributed by atoms with van der Waals surface area (Å²) in [6.45, 7) is 1.04. The number of nitriles is 1. The SMILES string of the molecule is N#CC1CN(C(=O)C2CCC(F)(F)CC2)CCO1. The van der Waals surface area contributed by atoms with Crippen LogP contribution in [-0.4, -0.2) is 42.5 Å². The molecule has 0 radical (unpaired) electrons. The van der Waals surface area contributed by atoms with E-state index in [0.29, 0.717) is 13.2 Å². The molecule has 1 saturated heterocycles. The number of alkyl halides is 2. The lowest BCUT2D eigenvalue weighted by molar-refractivity contribution is -0.145. The predicted octanol–water partition coefficient (Wildman–Crippen LogP) is 1.56. The molecule has 18 heavy (non-hydrogen) atoms. The van der Waals surface area contributed by atoms with E-state index < -0.39 is 12.0 Å². The minimum Gasteiger partial charge on any atom is -0.360 e. The van der Waals surface area contributed by atoms with Crippen LogP contribution >= 0.6 is 0 Å². The lowest BCUT2D eigenvalue weighted by atomic mass is 9.86. The molecular weight excluding hydrogens is 242 g/mol. The van der Waals surface area contributed by atoms with Gasteiger partial charge in [0.25, 0.3) is 0 Å². The summed E-state index contributed by atoms with van der Waals surface area (Å²) in [7, 11) is 0. The number of carbonyl (C=O) groups is 1. The predicted molar refractivity (Wildman–Crippen MR) is 58.8 cm³/mol. The first-order valence-corrected chi connectivity index (χ1v) is 6.20. The molecule has 0 aromatic heterocycles. The number of rotatable bonds is 1. The van der Waals surface area contributed by atoms with Crippen LogP contribution in [0.5, 0.6) is 0 Å². The molecule has 1 aliphatic carbocycles. The number of amides is 1. The fourth-order valence-electron chi connectivity index (χ4n) is 2.47. The minimum absolute atomic E-state index is 0.103. The fraction of sp³-hybridized carbons (Fsp3) is 0.833. The van der Waals surface area contributed by atoms with Crippen molar-refractivity contribution in [2.45, 2.75) is 37.7 Å². The average Bonchev–Trinajstić information content (AvgIpc) is 2.38. The van der Waals surface area contributed by atoms with E-state index in [1.807, 2.05) is 6.07 Å². The van der Waals surface area contributed by atoms with Crippen molar-refractivity contribution in [1.29, 1.82) is 5.26 Å². The number of morpholine rings is 1. The number of halogens is 2. The Morgan fingerprint density at radius 3 is 2.67 bits per heavy atom. The minimum atomic E-state index is -2.61. The second-order valence-electron chi connectivity index (χ2n) is 4.90. The summed E-state index contributed by atoms with van der Waals surface area (Å²) >= 11 is 0. The van der Waals surface area contributed by atoms with Crippen LogP contribution in [0.25, 0.3) is 0 Å². The van der Waals surface area contributed by atoms with Gasteiger partial charge in [0.15, 0.2) is 6.10 Å². The Bertz CT molecular complexity index is 358. The van der Waals surface area contributed by atoms with Gasteiger partial charge in [-0.15, -0.1) is 0 Å². The van der Waals surface area contributed by atoms with Crippen LogP contribution in [0.2, 0.25) is 0 Å². The Morgan fingerprint density at radius 1 is 1.39 bits per heavy atom. The first-order valence-electron chi connectivity index (χ1n) is 6.20. The number of hydrogen-bond donors (Lipinski definition) is 0. The Labute approximate surface area is 105 Å². The smallest absolute Gasteiger partial charge is 0.248 e. The standard InChI is InChI=1S/C12H16F2N2O2/c13-12(14)3-1-9(2-4-12)11(17)16-5-6-18-10(7-15)8-16/h9-10H,1-6,8H2. The maximum Gasteiger partial charge on any atom is 0.248 e. The van der Waals surface area contributed by atoms with Gasteiger partial charge >= 0.3 is 0 Å². The van der Waals surface area contributed by atoms with E-state index >= 15 is 0 Å². The lowest BCUT2D eigenvalue weighted by Crippen LogP contribution is -2.48. The van der Waals surface area contributed by atoms with Gasteiger partial charge in [0.1, 0.15) is 0 Å². The third-order valence-electron chi connectivity index (χ3n) is 3.59. The van der Waals surface area contributed by atoms with E-state index in [0.717, 1.165) is 0 Å². The highest BCUT2D eigenvalue weighted by Crippen LogP contribution is 2.36. The third-order valence-corrected chi connectivity index (χ3v) is 3.59. The molecule has 1 unspecified atom stereocenters. The first kappa shape index (κ1) is 13.2. The molecule has 0 aromatic carbocycles. The van der Waals surface area contributed by atoms with E-state index in [-0.39, 0.29) is 44.1 Å². The molecule has 4 nitrogen and oxygen atoms in total. The molecule has 0 spiro atoms. The molecule has 2 aliphatic rings. The van der Waals surface area contributed by atoms with Crippen LogP contribution in [0.3, 0.4) is 0 Å². The van der Waals surface area contributed by atoms with Crippen LogP contribution in [0.4, 0.5) is 8.78 Å². The van der Waals surface area contributed by atoms with E-state index in [4.69, 9.17) is 10.00 Å². The van der Waals surface area contributed by atoms with Crippen LogP contribution in [0.15, 0.2) is 0 Å². The first-order chi connectivity index (χ1) is 8.52. The highest BCUT2D eigenvalue weighted by atomic mass is 19.3. The van der Waals surface area contributed by atoms with Gasteiger partial charge in [-0.1, -0.05) is 0 Å². The van der Waals surface area contributed by atoms with Crippen LogP contribution < -0.4 is 0 Å². The normalized spacial score (nSPS) is 28.7. The van der Waals surface area contributed by atoms with Crippen molar-refractivity contribution in [2.24, 2.45) is 5.92 Å². The Hall–Kier alpha value is -1.22. The maximum absolute atomic E-state index is 13.0. The summed E-state index contributed by atoms with van der Waals surface area (Å²) in [6.07, 6.45) is -0.543. The second kappa shape index (κ2) is 5.19. The highest BCUT2D eigenvalue weighted by Gasteiger charge is 2.39. The molecule has 2 rings (SSSR count). The third kappa shape index (κ3) is 2.96. The van der Waals surface area contributed by atoms with Crippen molar-refractivity contribution < 1.29 is 18.3 Å². The average molecular weight is 258 g/mol. The van der Waals surface area contributed by atoms with E-state index in [2.05, 4.69) is 0 Å². The van der Waals surface area contributed by atoms with Crippen LogP contribution in [-0.2, 0) is 9.53 Å². The zero-order valence-corrected chi connectivity index (χ0v) is 10.1. The fourth-order valence-corrected chi connectivity index (χ4v) is 2.47. The summed E-state index contributed by atoms with van der Waals surface area (Å²) in [5.74, 6) is -3.03. The Balaban J connectivity index is 1.90. The topological polar surface area (TPSA) is 53.3 Å². The number of hydrogen-bond acceptors (Lipinski definition) is 3. The lowest BCUT2D eigenvalue weighted by Gasteiger charge is -2.35. The molecule has 1 heterocycles. The zero-order chi connectivity index (χ0) is 13.2. The molecule has 0 N–H and O–H groups in total. The largest absolute Gasteiger partial charge is 0.360 e. The Kier molecular flexibility index (Phi) is 3.81. The highest BCUT2D eigenvalue weighted by molar-refractivity contribution is 5.79. The summed E-state index contributed by atoms with van der Waals surface area (Å²) in [5, 5.41) is 8.76. The molecule has 1 amide bonds. The van der Waals surface area contributed by atoms with Gasteiger partial charge in [-0.2, -0.15) is 5.26 Å². The molecular formula is C12H16F2N2O2. The molecule has 2 fully saturated rings. The molecule has 100 valence electrons. The van der Waals surface area contributed by atoms with E-state index in [1.54, 1.807) is 4.90 Å². The molecule has 6 heteroatoms. The van der Waals surface area contributed by atoms with Gasteiger partial charge in [0.05, 0.1) is 19.2 Å². The van der Waals surface area contributed by atoms with Crippen molar-refractivity contribution in [3.63, 3.8) is 0 Å². The quantitative estimate of drug-likeness (QED) is 0.717. The van der Waals surface area contributed by atoms with Crippen LogP contribution in [0, 0.1) is 17.2 Å². The summed E-state index contributed by atoms with van der Waals surface area (Å²) in [4.78, 5) is 13.7. The van der Waals surface area contributed by atoms with Crippen LogP contribution in [0.1, 0.15) is 25.7 Å². The molecule has 1 saturated carbocycles. The molecule has 1 aliphatic heterocycles. The van der Waals surface area contributed by atoms with Crippen molar-refractivity contribution in [3.8, 4) is 6.07 Å². The van der Waals surface area contributed by atoms with Gasteiger partial charge in [0.2, 0.25) is 11.8 Å². The van der Waals surface area contributed by atoms with Crippen molar-refractivity contribution in [2.75, 3.05) is 19.7 Å². The van der Waals surface area contributed by atoms with Crippen molar-refractivity contribution in [3.05, 3.63) is 0 Å². The van der Waals surface area contributed by atoms with Crippen molar-refractivity contribution >= 4 is 5.91 Å². The molecule has 0 bridgehead atoms. The number of ether oxygens (including phenoxy) is 1. The zero-order valence-electron chi connectivity index (χ0n) is 10.1. The summed E-state index contributed by atoms with van der Waals surface area (Å²) in [5.41, 5.74) is 0. The monoisotopic (exact) mass is 258 g/mol. The number of carbonyl (C=O) groups excluding carboxylic acids is 1. The second-order valence-corrected chi connectivity index (χ2v) is 4.90. The van der Waals surface area contributed by atoms with Gasteiger partial charge < -0.3 is 9.64 Å². The Morgan fingerprint density at radius 2 is 2.06 bits per heavy atom. The van der Waals surface area contributed by atoms with E-state index in [1.165, 1.54) is 0 Å². The maximum atomic E-state index is 13.0.